The Labute approximate surface area is 141 Å². The highest BCUT2D eigenvalue weighted by Gasteiger charge is 2.17. The molecular weight excluding hydrogens is 325 g/mol. The summed E-state index contributed by atoms with van der Waals surface area (Å²) in [5.74, 6) is -0.463. The minimum atomic E-state index is -0.381. The summed E-state index contributed by atoms with van der Waals surface area (Å²) < 4.78 is 4.90. The molecule has 6 heteroatoms. The molecule has 0 saturated heterocycles. The smallest absolute Gasteiger partial charge is 0.325 e. The molecule has 0 N–H and O–H groups in total. The summed E-state index contributed by atoms with van der Waals surface area (Å²) in [7, 11) is 0. The van der Waals surface area contributed by atoms with Crippen LogP contribution in [-0.4, -0.2) is 36.5 Å². The Kier molecular flexibility index (Phi) is 8.28. The van der Waals surface area contributed by atoms with Gasteiger partial charge in [0.25, 0.3) is 0 Å². The lowest BCUT2D eigenvalue weighted by atomic mass is 10.1. The normalized spacial score (nSPS) is 10.4. The molecular formula is C16H21Cl2NO3. The SMILES string of the molecule is CCCN(CC(=O)OCC)C(=O)CCc1ccc(Cl)cc1Cl. The van der Waals surface area contributed by atoms with E-state index in [4.69, 9.17) is 27.9 Å². The van der Waals surface area contributed by atoms with Crippen molar-refractivity contribution in [3.05, 3.63) is 33.8 Å². The zero-order valence-corrected chi connectivity index (χ0v) is 14.4. The second-order valence-electron chi connectivity index (χ2n) is 4.86. The Bertz CT molecular complexity index is 520. The van der Waals surface area contributed by atoms with Gasteiger partial charge in [0.2, 0.25) is 5.91 Å². The molecule has 0 aliphatic carbocycles. The van der Waals surface area contributed by atoms with Gasteiger partial charge < -0.3 is 9.64 Å². The first-order valence-electron chi connectivity index (χ1n) is 7.35. The molecule has 0 fully saturated rings. The third-order valence-corrected chi connectivity index (χ3v) is 3.68. The summed E-state index contributed by atoms with van der Waals surface area (Å²) in [6.07, 6.45) is 1.59. The van der Waals surface area contributed by atoms with E-state index in [1.807, 2.05) is 13.0 Å². The van der Waals surface area contributed by atoms with Crippen LogP contribution in [0.25, 0.3) is 0 Å². The number of esters is 1. The lowest BCUT2D eigenvalue weighted by molar-refractivity contribution is -0.149. The first kappa shape index (κ1) is 18.8. The van der Waals surface area contributed by atoms with Crippen molar-refractivity contribution in [2.24, 2.45) is 0 Å². The third kappa shape index (κ3) is 6.24. The number of amides is 1. The molecule has 0 heterocycles. The van der Waals surface area contributed by atoms with Crippen molar-refractivity contribution < 1.29 is 14.3 Å². The minimum Gasteiger partial charge on any atom is -0.465 e. The Balaban J connectivity index is 2.60. The molecule has 0 spiro atoms. The number of hydrogen-bond acceptors (Lipinski definition) is 3. The number of ether oxygens (including phenoxy) is 1. The first-order valence-corrected chi connectivity index (χ1v) is 8.10. The van der Waals surface area contributed by atoms with Crippen molar-refractivity contribution in [1.82, 2.24) is 4.90 Å². The van der Waals surface area contributed by atoms with E-state index in [9.17, 15) is 9.59 Å². The van der Waals surface area contributed by atoms with Crippen LogP contribution in [0.3, 0.4) is 0 Å². The summed E-state index contributed by atoms with van der Waals surface area (Å²) in [5, 5.41) is 1.11. The Morgan fingerprint density at radius 3 is 2.55 bits per heavy atom. The van der Waals surface area contributed by atoms with Gasteiger partial charge in [-0.1, -0.05) is 36.2 Å². The average molecular weight is 346 g/mol. The van der Waals surface area contributed by atoms with Gasteiger partial charge in [0, 0.05) is 23.0 Å². The maximum atomic E-state index is 12.3. The summed E-state index contributed by atoms with van der Waals surface area (Å²) in [6.45, 7) is 4.54. The van der Waals surface area contributed by atoms with Crippen LogP contribution in [0.4, 0.5) is 0 Å². The van der Waals surface area contributed by atoms with Gasteiger partial charge in [0.15, 0.2) is 0 Å². The molecule has 0 unspecified atom stereocenters. The van der Waals surface area contributed by atoms with E-state index in [2.05, 4.69) is 0 Å². The lowest BCUT2D eigenvalue weighted by Gasteiger charge is -2.21. The lowest BCUT2D eigenvalue weighted by Crippen LogP contribution is -2.37. The van der Waals surface area contributed by atoms with Crippen molar-refractivity contribution in [2.75, 3.05) is 19.7 Å². The maximum Gasteiger partial charge on any atom is 0.325 e. The van der Waals surface area contributed by atoms with E-state index >= 15 is 0 Å². The molecule has 1 amide bonds. The fourth-order valence-electron chi connectivity index (χ4n) is 2.05. The van der Waals surface area contributed by atoms with Crippen molar-refractivity contribution in [3.63, 3.8) is 0 Å². The van der Waals surface area contributed by atoms with Crippen molar-refractivity contribution in [3.8, 4) is 0 Å². The van der Waals surface area contributed by atoms with E-state index in [1.54, 1.807) is 19.1 Å². The van der Waals surface area contributed by atoms with E-state index in [0.717, 1.165) is 12.0 Å². The maximum absolute atomic E-state index is 12.3. The first-order chi connectivity index (χ1) is 10.5. The fourth-order valence-corrected chi connectivity index (χ4v) is 2.55. The molecule has 4 nitrogen and oxygen atoms in total. The molecule has 122 valence electrons. The number of hydrogen-bond donors (Lipinski definition) is 0. The van der Waals surface area contributed by atoms with Crippen LogP contribution in [0.15, 0.2) is 18.2 Å². The van der Waals surface area contributed by atoms with Gasteiger partial charge in [-0.15, -0.1) is 0 Å². The standard InChI is InChI=1S/C16H21Cl2NO3/c1-3-9-19(11-16(21)22-4-2)15(20)8-6-12-5-7-13(17)10-14(12)18/h5,7,10H,3-4,6,8-9,11H2,1-2H3. The quantitative estimate of drug-likeness (QED) is 0.674. The van der Waals surface area contributed by atoms with Gasteiger partial charge >= 0.3 is 5.97 Å². The molecule has 0 aromatic heterocycles. The fraction of sp³-hybridized carbons (Fsp3) is 0.500. The molecule has 0 bridgehead atoms. The number of benzene rings is 1. The minimum absolute atomic E-state index is 0.00510. The zero-order chi connectivity index (χ0) is 16.5. The van der Waals surface area contributed by atoms with E-state index in [0.29, 0.717) is 36.0 Å². The van der Waals surface area contributed by atoms with Crippen LogP contribution in [-0.2, 0) is 20.7 Å². The van der Waals surface area contributed by atoms with Crippen molar-refractivity contribution in [1.29, 1.82) is 0 Å². The zero-order valence-electron chi connectivity index (χ0n) is 12.9. The van der Waals surface area contributed by atoms with Gasteiger partial charge in [-0.2, -0.15) is 0 Å². The molecule has 0 saturated carbocycles. The largest absolute Gasteiger partial charge is 0.465 e. The van der Waals surface area contributed by atoms with Crippen LogP contribution in [0.2, 0.25) is 10.0 Å². The molecule has 1 rings (SSSR count). The van der Waals surface area contributed by atoms with Gasteiger partial charge in [-0.05, 0) is 37.5 Å². The van der Waals surface area contributed by atoms with E-state index < -0.39 is 0 Å². The average Bonchev–Trinajstić information content (AvgIpc) is 2.46. The van der Waals surface area contributed by atoms with Crippen LogP contribution in [0.1, 0.15) is 32.3 Å². The predicted octanol–water partition coefficient (Wildman–Crippen LogP) is 3.73. The summed E-state index contributed by atoms with van der Waals surface area (Å²) in [4.78, 5) is 25.3. The third-order valence-electron chi connectivity index (χ3n) is 3.09. The second kappa shape index (κ2) is 9.70. The molecule has 1 aromatic carbocycles. The van der Waals surface area contributed by atoms with Crippen LogP contribution >= 0.6 is 23.2 Å². The van der Waals surface area contributed by atoms with Crippen LogP contribution in [0, 0.1) is 0 Å². The molecule has 0 aliphatic rings. The molecule has 0 atom stereocenters. The van der Waals surface area contributed by atoms with Gasteiger partial charge in [0.05, 0.1) is 6.61 Å². The van der Waals surface area contributed by atoms with Gasteiger partial charge in [0.1, 0.15) is 6.54 Å². The van der Waals surface area contributed by atoms with Gasteiger partial charge in [-0.3, -0.25) is 9.59 Å². The molecule has 0 radical (unpaired) electrons. The Hall–Kier alpha value is -1.26. The number of halogens is 2. The molecule has 0 aliphatic heterocycles. The van der Waals surface area contributed by atoms with Crippen molar-refractivity contribution >= 4 is 35.1 Å². The highest BCUT2D eigenvalue weighted by Crippen LogP contribution is 2.22. The highest BCUT2D eigenvalue weighted by molar-refractivity contribution is 6.35. The second-order valence-corrected chi connectivity index (χ2v) is 5.70. The van der Waals surface area contributed by atoms with E-state index in [1.165, 1.54) is 4.90 Å². The molecule has 22 heavy (non-hydrogen) atoms. The number of nitrogens with zero attached hydrogens (tertiary/aromatic N) is 1. The summed E-state index contributed by atoms with van der Waals surface area (Å²) in [6, 6.07) is 5.22. The number of aryl methyl sites for hydroxylation is 1. The van der Waals surface area contributed by atoms with Crippen LogP contribution < -0.4 is 0 Å². The predicted molar refractivity (Wildman–Crippen MR) is 88.3 cm³/mol. The number of carbonyl (C=O) groups excluding carboxylic acids is 2. The monoisotopic (exact) mass is 345 g/mol. The van der Waals surface area contributed by atoms with Crippen molar-refractivity contribution in [2.45, 2.75) is 33.1 Å². The summed E-state index contributed by atoms with van der Waals surface area (Å²) >= 11 is 11.9. The number of carbonyl (C=O) groups is 2. The highest BCUT2D eigenvalue weighted by atomic mass is 35.5. The van der Waals surface area contributed by atoms with Crippen LogP contribution in [0.5, 0.6) is 0 Å². The topological polar surface area (TPSA) is 46.6 Å². The molecule has 1 aromatic rings. The Morgan fingerprint density at radius 1 is 1.23 bits per heavy atom. The van der Waals surface area contributed by atoms with E-state index in [-0.39, 0.29) is 18.4 Å². The number of rotatable bonds is 8. The summed E-state index contributed by atoms with van der Waals surface area (Å²) in [5.41, 5.74) is 0.868. The van der Waals surface area contributed by atoms with Gasteiger partial charge in [-0.25, -0.2) is 0 Å². The Morgan fingerprint density at radius 2 is 1.95 bits per heavy atom.